The highest BCUT2D eigenvalue weighted by Gasteiger charge is 2.30. The smallest absolute Gasteiger partial charge is 0.289 e. The number of benzene rings is 1. The van der Waals surface area contributed by atoms with Crippen LogP contribution in [0.4, 0.5) is 0 Å². The van der Waals surface area contributed by atoms with Crippen molar-refractivity contribution in [3.63, 3.8) is 0 Å². The number of nitrogens with zero attached hydrogens (tertiary/aromatic N) is 1. The number of furan rings is 1. The standard InChI is InChI=1S/C20H28N2O4S/c1-6-13(3)21-27(24,25)19-14(4)12(2)11-16-15(5)17(26-18(16)19)20(23)22-9-7-8-10-22/h11,13,21H,6-10H2,1-5H3/t13-/m0/s1. The lowest BCUT2D eigenvalue weighted by Gasteiger charge is -2.15. The third-order valence-corrected chi connectivity index (χ3v) is 7.26. The molecule has 2 heterocycles. The number of sulfonamides is 1. The predicted octanol–water partition coefficient (Wildman–Crippen LogP) is 3.67. The molecule has 1 atom stereocenters. The third-order valence-electron chi connectivity index (χ3n) is 5.52. The van der Waals surface area contributed by atoms with E-state index in [4.69, 9.17) is 4.42 Å². The summed E-state index contributed by atoms with van der Waals surface area (Å²) in [5, 5.41) is 0.685. The van der Waals surface area contributed by atoms with Gasteiger partial charge in [-0.05, 0) is 64.2 Å². The van der Waals surface area contributed by atoms with Crippen molar-refractivity contribution in [2.24, 2.45) is 0 Å². The maximum Gasteiger partial charge on any atom is 0.289 e. The lowest BCUT2D eigenvalue weighted by atomic mass is 10.0. The summed E-state index contributed by atoms with van der Waals surface area (Å²) < 4.78 is 34.8. The zero-order valence-corrected chi connectivity index (χ0v) is 17.5. The zero-order valence-electron chi connectivity index (χ0n) is 16.7. The van der Waals surface area contributed by atoms with Crippen molar-refractivity contribution in [2.75, 3.05) is 13.1 Å². The van der Waals surface area contributed by atoms with Crippen LogP contribution in [0.25, 0.3) is 11.0 Å². The molecule has 1 amide bonds. The van der Waals surface area contributed by atoms with Crippen molar-refractivity contribution in [3.05, 3.63) is 28.5 Å². The fourth-order valence-electron chi connectivity index (χ4n) is 3.54. The summed E-state index contributed by atoms with van der Waals surface area (Å²) in [7, 11) is -3.77. The van der Waals surface area contributed by atoms with Crippen LogP contribution in [0.5, 0.6) is 0 Å². The van der Waals surface area contributed by atoms with Crippen LogP contribution in [-0.2, 0) is 10.0 Å². The van der Waals surface area contributed by atoms with Gasteiger partial charge in [0.2, 0.25) is 10.0 Å². The molecule has 3 rings (SSSR count). The summed E-state index contributed by atoms with van der Waals surface area (Å²) in [6.07, 6.45) is 2.66. The fraction of sp³-hybridized carbons (Fsp3) is 0.550. The summed E-state index contributed by atoms with van der Waals surface area (Å²) in [4.78, 5) is 14.8. The van der Waals surface area contributed by atoms with Gasteiger partial charge in [0, 0.05) is 30.1 Å². The number of nitrogens with one attached hydrogen (secondary N) is 1. The monoisotopic (exact) mass is 392 g/mol. The minimum atomic E-state index is -3.77. The van der Waals surface area contributed by atoms with E-state index in [0.29, 0.717) is 36.0 Å². The number of carbonyl (C=O) groups excluding carboxylic acids is 1. The molecule has 0 unspecified atom stereocenters. The second-order valence-corrected chi connectivity index (χ2v) is 9.16. The third kappa shape index (κ3) is 3.50. The van der Waals surface area contributed by atoms with Gasteiger partial charge in [-0.1, -0.05) is 6.92 Å². The number of aryl methyl sites for hydroxylation is 2. The van der Waals surface area contributed by atoms with Crippen molar-refractivity contribution in [1.82, 2.24) is 9.62 Å². The van der Waals surface area contributed by atoms with Crippen LogP contribution < -0.4 is 4.72 Å². The molecular weight excluding hydrogens is 364 g/mol. The van der Waals surface area contributed by atoms with E-state index in [1.807, 2.05) is 33.8 Å². The summed E-state index contributed by atoms with van der Waals surface area (Å²) in [5.41, 5.74) is 2.47. The van der Waals surface area contributed by atoms with Gasteiger partial charge in [0.05, 0.1) is 0 Å². The quantitative estimate of drug-likeness (QED) is 0.842. The molecule has 1 saturated heterocycles. The van der Waals surface area contributed by atoms with E-state index in [1.165, 1.54) is 0 Å². The summed E-state index contributed by atoms with van der Waals surface area (Å²) >= 11 is 0. The number of fused-ring (bicyclic) bond motifs is 1. The van der Waals surface area contributed by atoms with Crippen molar-refractivity contribution in [2.45, 2.75) is 64.8 Å². The fourth-order valence-corrected chi connectivity index (χ4v) is 5.32. The molecule has 1 fully saturated rings. The first-order valence-corrected chi connectivity index (χ1v) is 11.0. The largest absolute Gasteiger partial charge is 0.449 e. The van der Waals surface area contributed by atoms with Gasteiger partial charge in [-0.25, -0.2) is 13.1 Å². The van der Waals surface area contributed by atoms with Crippen LogP contribution in [-0.4, -0.2) is 38.4 Å². The Morgan fingerprint density at radius 2 is 1.85 bits per heavy atom. The van der Waals surface area contributed by atoms with Crippen molar-refractivity contribution >= 4 is 26.9 Å². The SMILES string of the molecule is CC[C@H](C)NS(=O)(=O)c1c(C)c(C)cc2c(C)c(C(=O)N3CCCC3)oc12. The Balaban J connectivity index is 2.20. The first kappa shape index (κ1) is 19.9. The number of likely N-dealkylation sites (tertiary alicyclic amines) is 1. The average molecular weight is 393 g/mol. The van der Waals surface area contributed by atoms with E-state index in [9.17, 15) is 13.2 Å². The zero-order chi connectivity index (χ0) is 19.9. The molecule has 0 saturated carbocycles. The lowest BCUT2D eigenvalue weighted by Crippen LogP contribution is -2.32. The molecule has 7 heteroatoms. The van der Waals surface area contributed by atoms with E-state index in [2.05, 4.69) is 4.72 Å². The van der Waals surface area contributed by atoms with Gasteiger partial charge in [-0.15, -0.1) is 0 Å². The Hall–Kier alpha value is -1.86. The Morgan fingerprint density at radius 1 is 1.22 bits per heavy atom. The second-order valence-electron chi connectivity index (χ2n) is 7.51. The van der Waals surface area contributed by atoms with Gasteiger partial charge >= 0.3 is 0 Å². The van der Waals surface area contributed by atoms with Crippen molar-refractivity contribution in [3.8, 4) is 0 Å². The van der Waals surface area contributed by atoms with Gasteiger partial charge in [0.1, 0.15) is 4.90 Å². The Morgan fingerprint density at radius 3 is 2.44 bits per heavy atom. The van der Waals surface area contributed by atoms with Crippen LogP contribution in [0.3, 0.4) is 0 Å². The van der Waals surface area contributed by atoms with E-state index in [1.54, 1.807) is 11.8 Å². The molecule has 0 radical (unpaired) electrons. The number of rotatable bonds is 5. The first-order chi connectivity index (χ1) is 12.7. The van der Waals surface area contributed by atoms with Gasteiger partial charge in [-0.3, -0.25) is 4.79 Å². The van der Waals surface area contributed by atoms with E-state index in [0.717, 1.165) is 18.4 Å². The molecular formula is C20H28N2O4S. The maximum atomic E-state index is 13.1. The molecule has 1 aromatic heterocycles. The Bertz CT molecular complexity index is 985. The molecule has 1 N–H and O–H groups in total. The minimum Gasteiger partial charge on any atom is -0.449 e. The molecule has 1 aliphatic rings. The number of hydrogen-bond donors (Lipinski definition) is 1. The molecule has 1 aromatic carbocycles. The molecule has 148 valence electrons. The number of hydrogen-bond acceptors (Lipinski definition) is 4. The molecule has 0 aliphatic carbocycles. The highest BCUT2D eigenvalue weighted by Crippen LogP contribution is 2.35. The van der Waals surface area contributed by atoms with Gasteiger partial charge in [0.15, 0.2) is 11.3 Å². The summed E-state index contributed by atoms with van der Waals surface area (Å²) in [6.45, 7) is 10.7. The molecule has 0 bridgehead atoms. The summed E-state index contributed by atoms with van der Waals surface area (Å²) in [5.74, 6) is 0.0895. The van der Waals surface area contributed by atoms with Crippen LogP contribution in [0.1, 0.15) is 60.4 Å². The molecule has 6 nitrogen and oxygen atoms in total. The maximum absolute atomic E-state index is 13.1. The van der Waals surface area contributed by atoms with Gasteiger partial charge in [-0.2, -0.15) is 0 Å². The van der Waals surface area contributed by atoms with Crippen LogP contribution in [0, 0.1) is 20.8 Å². The van der Waals surface area contributed by atoms with Crippen LogP contribution in [0.15, 0.2) is 15.4 Å². The normalized spacial score (nSPS) is 16.3. The van der Waals surface area contributed by atoms with E-state index >= 15 is 0 Å². The average Bonchev–Trinajstić information content (AvgIpc) is 3.24. The minimum absolute atomic E-state index is 0.140. The molecule has 0 spiro atoms. The highest BCUT2D eigenvalue weighted by molar-refractivity contribution is 7.89. The van der Waals surface area contributed by atoms with Crippen molar-refractivity contribution < 1.29 is 17.6 Å². The van der Waals surface area contributed by atoms with E-state index < -0.39 is 10.0 Å². The van der Waals surface area contributed by atoms with Crippen molar-refractivity contribution in [1.29, 1.82) is 0 Å². The van der Waals surface area contributed by atoms with E-state index in [-0.39, 0.29) is 28.2 Å². The Kier molecular flexibility index (Phi) is 5.36. The lowest BCUT2D eigenvalue weighted by molar-refractivity contribution is 0.0762. The molecule has 2 aromatic rings. The first-order valence-electron chi connectivity index (χ1n) is 9.52. The second kappa shape index (κ2) is 7.28. The highest BCUT2D eigenvalue weighted by atomic mass is 32.2. The number of amides is 1. The van der Waals surface area contributed by atoms with Crippen LogP contribution >= 0.6 is 0 Å². The predicted molar refractivity (Wildman–Crippen MR) is 106 cm³/mol. The Labute approximate surface area is 161 Å². The van der Waals surface area contributed by atoms with Crippen LogP contribution in [0.2, 0.25) is 0 Å². The number of carbonyl (C=O) groups is 1. The molecule has 27 heavy (non-hydrogen) atoms. The molecule has 1 aliphatic heterocycles. The topological polar surface area (TPSA) is 79.6 Å². The summed E-state index contributed by atoms with van der Waals surface area (Å²) in [6, 6.07) is 1.72. The van der Waals surface area contributed by atoms with Gasteiger partial charge < -0.3 is 9.32 Å². The van der Waals surface area contributed by atoms with Gasteiger partial charge in [0.25, 0.3) is 5.91 Å².